The maximum Gasteiger partial charge on any atom is 0.274 e. The number of nitrogens with one attached hydrogen (secondary N) is 1. The monoisotopic (exact) mass is 604 g/mol. The molecular weight excluding hydrogens is 572 g/mol. The van der Waals surface area contributed by atoms with Gasteiger partial charge in [-0.2, -0.15) is 10.1 Å². The van der Waals surface area contributed by atoms with Gasteiger partial charge < -0.3 is 28.7 Å². The van der Waals surface area contributed by atoms with E-state index in [0.29, 0.717) is 58.1 Å². The number of rotatable bonds is 10. The Bertz CT molecular complexity index is 2080. The van der Waals surface area contributed by atoms with Gasteiger partial charge in [0.15, 0.2) is 22.9 Å². The fraction of sp³-hybridized carbons (Fsp3) is 0.303. The number of pyridine rings is 2. The molecule has 2 aliphatic rings. The summed E-state index contributed by atoms with van der Waals surface area (Å²) in [5, 5.41) is 7.64. The molecule has 6 aromatic rings. The lowest BCUT2D eigenvalue weighted by Crippen LogP contribution is -2.38. The fourth-order valence-electron chi connectivity index (χ4n) is 5.95. The highest BCUT2D eigenvalue weighted by molar-refractivity contribution is 5.85. The minimum absolute atomic E-state index is 0.0800. The first kappa shape index (κ1) is 27.3. The van der Waals surface area contributed by atoms with Gasteiger partial charge in [-0.3, -0.25) is 9.78 Å². The molecule has 0 bridgehead atoms. The summed E-state index contributed by atoms with van der Waals surface area (Å²) in [6.07, 6.45) is 14.3. The molecule has 1 N–H and O–H groups in total. The third kappa shape index (κ3) is 5.06. The Hall–Kier alpha value is -5.23. The van der Waals surface area contributed by atoms with Crippen molar-refractivity contribution in [1.82, 2.24) is 33.7 Å². The van der Waals surface area contributed by atoms with E-state index in [-0.39, 0.29) is 17.7 Å². The first-order chi connectivity index (χ1) is 22.1. The van der Waals surface area contributed by atoms with Crippen LogP contribution >= 0.6 is 0 Å². The second-order valence-corrected chi connectivity index (χ2v) is 11.7. The number of aryl methyl sites for hydroxylation is 1. The Kier molecular flexibility index (Phi) is 6.71. The Morgan fingerprint density at radius 2 is 1.91 bits per heavy atom. The second-order valence-electron chi connectivity index (χ2n) is 11.7. The molecule has 0 spiro atoms. The van der Waals surface area contributed by atoms with E-state index in [0.717, 1.165) is 31.2 Å². The van der Waals surface area contributed by atoms with Crippen LogP contribution in [-0.2, 0) is 18.4 Å². The predicted octanol–water partition coefficient (Wildman–Crippen LogP) is 5.51. The number of imidazole rings is 1. The van der Waals surface area contributed by atoms with Crippen LogP contribution < -0.4 is 20.3 Å². The molecule has 0 atom stereocenters. The van der Waals surface area contributed by atoms with Crippen LogP contribution in [0.25, 0.3) is 16.7 Å². The van der Waals surface area contributed by atoms with Crippen LogP contribution in [-0.4, -0.2) is 46.9 Å². The number of hydrogen-bond acceptors (Lipinski definition) is 9. The minimum atomic E-state index is -0.0800. The Balaban J connectivity index is 1.06. The molecule has 0 amide bonds. The molecule has 12 heteroatoms. The van der Waals surface area contributed by atoms with Crippen molar-refractivity contribution in [2.75, 3.05) is 12.4 Å². The average Bonchev–Trinajstić information content (AvgIpc) is 3.75. The van der Waals surface area contributed by atoms with Gasteiger partial charge in [0, 0.05) is 31.7 Å². The van der Waals surface area contributed by atoms with Crippen LogP contribution in [0.1, 0.15) is 48.8 Å². The number of methoxy groups -OCH3 is 1. The third-order valence-corrected chi connectivity index (χ3v) is 8.68. The summed E-state index contributed by atoms with van der Waals surface area (Å²) in [7, 11) is 3.43. The third-order valence-electron chi connectivity index (χ3n) is 8.68. The normalized spacial score (nSPS) is 17.8. The highest BCUT2D eigenvalue weighted by Crippen LogP contribution is 2.43. The second kappa shape index (κ2) is 11.0. The van der Waals surface area contributed by atoms with E-state index < -0.39 is 0 Å². The molecule has 0 aliphatic heterocycles. The lowest BCUT2D eigenvalue weighted by atomic mass is 9.88. The Labute approximate surface area is 258 Å². The molecule has 0 radical (unpaired) electrons. The van der Waals surface area contributed by atoms with Crippen LogP contribution in [0.5, 0.6) is 17.2 Å². The maximum atomic E-state index is 13.8. The summed E-state index contributed by atoms with van der Waals surface area (Å²) >= 11 is 0. The minimum Gasteiger partial charge on any atom is -0.491 e. The van der Waals surface area contributed by atoms with E-state index in [9.17, 15) is 4.79 Å². The van der Waals surface area contributed by atoms with Crippen molar-refractivity contribution >= 4 is 28.3 Å². The summed E-state index contributed by atoms with van der Waals surface area (Å²) < 4.78 is 23.5. The molecule has 2 aliphatic carbocycles. The zero-order chi connectivity index (χ0) is 30.5. The van der Waals surface area contributed by atoms with E-state index in [2.05, 4.69) is 32.5 Å². The summed E-state index contributed by atoms with van der Waals surface area (Å²) in [5.41, 5.74) is 4.52. The van der Waals surface area contributed by atoms with Crippen molar-refractivity contribution in [3.05, 3.63) is 95.1 Å². The van der Waals surface area contributed by atoms with Crippen LogP contribution in [0.3, 0.4) is 0 Å². The SMILES string of the molecule is COc1c(Oc2cnn3ccncc23)cnc2nc(Nc3cc(C4CC4)cn([C@H]4C[C@H](OCc5ccccc5)C4)c3=O)n(C)c12. The van der Waals surface area contributed by atoms with Gasteiger partial charge in [-0.05, 0) is 48.8 Å². The molecule has 1 aromatic carbocycles. The summed E-state index contributed by atoms with van der Waals surface area (Å²) in [6, 6.07) is 12.2. The largest absolute Gasteiger partial charge is 0.491 e. The average molecular weight is 605 g/mol. The standard InChI is InChI=1S/C33H32N8O4/c1-39-29-30(43-2)28(45-27-17-36-41-11-10-34-15-26(27)41)16-35-31(29)38-33(39)37-25-12-22(21-8-9-21)18-40(32(25)42)23-13-24(14-23)44-19-20-6-4-3-5-7-20/h3-7,10-12,15-18,21,23-24H,8-9,13-14,19H2,1-2H3,(H,35,37,38)/t23-,24-. The number of hydrogen-bond donors (Lipinski definition) is 1. The summed E-state index contributed by atoms with van der Waals surface area (Å²) in [4.78, 5) is 27.3. The van der Waals surface area contributed by atoms with Gasteiger partial charge in [-0.1, -0.05) is 30.3 Å². The summed E-state index contributed by atoms with van der Waals surface area (Å²) in [6.45, 7) is 0.579. The maximum absolute atomic E-state index is 13.8. The first-order valence-corrected chi connectivity index (χ1v) is 15.1. The molecule has 0 saturated heterocycles. The zero-order valence-electron chi connectivity index (χ0n) is 25.0. The molecule has 2 fully saturated rings. The summed E-state index contributed by atoms with van der Waals surface area (Å²) in [5.74, 6) is 2.34. The van der Waals surface area contributed by atoms with Gasteiger partial charge in [-0.25, -0.2) is 9.50 Å². The van der Waals surface area contributed by atoms with E-state index >= 15 is 0 Å². The number of aromatic nitrogens is 7. The van der Waals surface area contributed by atoms with Gasteiger partial charge in [-0.15, -0.1) is 0 Å². The van der Waals surface area contributed by atoms with Gasteiger partial charge >= 0.3 is 0 Å². The number of benzene rings is 1. The Morgan fingerprint density at radius 1 is 1.07 bits per heavy atom. The number of ether oxygens (including phenoxy) is 3. The topological polar surface area (TPSA) is 123 Å². The lowest BCUT2D eigenvalue weighted by molar-refractivity contribution is -0.0364. The number of fused-ring (bicyclic) bond motifs is 2. The molecule has 8 rings (SSSR count). The quantitative estimate of drug-likeness (QED) is 0.215. The zero-order valence-corrected chi connectivity index (χ0v) is 25.0. The van der Waals surface area contributed by atoms with Crippen molar-refractivity contribution in [1.29, 1.82) is 0 Å². The van der Waals surface area contributed by atoms with Gasteiger partial charge in [0.1, 0.15) is 16.7 Å². The Morgan fingerprint density at radius 3 is 2.71 bits per heavy atom. The molecule has 5 aromatic heterocycles. The van der Waals surface area contributed by atoms with E-state index in [1.54, 1.807) is 42.6 Å². The first-order valence-electron chi connectivity index (χ1n) is 15.1. The van der Waals surface area contributed by atoms with E-state index in [4.69, 9.17) is 19.2 Å². The predicted molar refractivity (Wildman–Crippen MR) is 167 cm³/mol. The van der Waals surface area contributed by atoms with Gasteiger partial charge in [0.25, 0.3) is 5.56 Å². The van der Waals surface area contributed by atoms with Crippen molar-refractivity contribution in [2.24, 2.45) is 7.05 Å². The van der Waals surface area contributed by atoms with Gasteiger partial charge in [0.05, 0.1) is 38.4 Å². The molecular formula is C33H32N8O4. The molecule has 2 saturated carbocycles. The highest BCUT2D eigenvalue weighted by atomic mass is 16.5. The van der Waals surface area contributed by atoms with Crippen molar-refractivity contribution < 1.29 is 14.2 Å². The van der Waals surface area contributed by atoms with Crippen molar-refractivity contribution in [2.45, 2.75) is 50.4 Å². The van der Waals surface area contributed by atoms with Crippen LogP contribution in [0.15, 0.2) is 78.4 Å². The molecule has 5 heterocycles. The van der Waals surface area contributed by atoms with Crippen LogP contribution in [0.2, 0.25) is 0 Å². The van der Waals surface area contributed by atoms with E-state index in [1.165, 1.54) is 5.56 Å². The number of nitrogens with zero attached hydrogens (tertiary/aromatic N) is 7. The van der Waals surface area contributed by atoms with Crippen molar-refractivity contribution in [3.63, 3.8) is 0 Å². The number of anilines is 2. The van der Waals surface area contributed by atoms with E-state index in [1.807, 2.05) is 46.6 Å². The molecule has 45 heavy (non-hydrogen) atoms. The van der Waals surface area contributed by atoms with Crippen LogP contribution in [0, 0.1) is 0 Å². The molecule has 0 unspecified atom stereocenters. The smallest absolute Gasteiger partial charge is 0.274 e. The van der Waals surface area contributed by atoms with Crippen molar-refractivity contribution in [3.8, 4) is 17.2 Å². The lowest BCUT2D eigenvalue weighted by Gasteiger charge is -2.36. The fourth-order valence-corrected chi connectivity index (χ4v) is 5.95. The highest BCUT2D eigenvalue weighted by Gasteiger charge is 2.34. The molecule has 12 nitrogen and oxygen atoms in total. The van der Waals surface area contributed by atoms with Gasteiger partial charge in [0.2, 0.25) is 5.95 Å². The van der Waals surface area contributed by atoms with Crippen LogP contribution in [0.4, 0.5) is 11.6 Å². The molecule has 228 valence electrons.